The van der Waals surface area contributed by atoms with Gasteiger partial charge in [0.05, 0.1) is 12.2 Å². The smallest absolute Gasteiger partial charge is 0.234 e. The molecular formula is C21H30N6O2. The lowest BCUT2D eigenvalue weighted by atomic mass is 10.3. The van der Waals surface area contributed by atoms with Gasteiger partial charge in [-0.1, -0.05) is 6.07 Å². The molecule has 0 unspecified atom stereocenters. The van der Waals surface area contributed by atoms with Crippen LogP contribution in [0.4, 0.5) is 0 Å². The number of hydrogen-bond acceptors (Lipinski definition) is 5. The molecule has 2 amide bonds. The highest BCUT2D eigenvalue weighted by molar-refractivity contribution is 5.78. The van der Waals surface area contributed by atoms with E-state index in [0.29, 0.717) is 19.5 Å². The summed E-state index contributed by atoms with van der Waals surface area (Å²) in [5, 5.41) is 2.99. The summed E-state index contributed by atoms with van der Waals surface area (Å²) in [5.74, 6) is 0.324. The van der Waals surface area contributed by atoms with Gasteiger partial charge in [0.25, 0.3) is 0 Å². The van der Waals surface area contributed by atoms with E-state index in [1.807, 2.05) is 29.3 Å². The number of likely N-dealkylation sites (tertiary alicyclic amines) is 1. The van der Waals surface area contributed by atoms with E-state index in [4.69, 9.17) is 0 Å². The van der Waals surface area contributed by atoms with Crippen molar-refractivity contribution in [1.82, 2.24) is 29.4 Å². The fraction of sp³-hybridized carbons (Fsp3) is 0.571. The molecule has 2 fully saturated rings. The molecule has 0 spiro atoms. The highest BCUT2D eigenvalue weighted by atomic mass is 16.2. The zero-order valence-electron chi connectivity index (χ0n) is 16.9. The molecular weight excluding hydrogens is 368 g/mol. The molecule has 4 heterocycles. The van der Waals surface area contributed by atoms with Crippen molar-refractivity contribution in [1.29, 1.82) is 0 Å². The van der Waals surface area contributed by atoms with Gasteiger partial charge in [-0.3, -0.25) is 19.4 Å². The van der Waals surface area contributed by atoms with Crippen LogP contribution in [0.25, 0.3) is 5.65 Å². The van der Waals surface area contributed by atoms with Crippen molar-refractivity contribution >= 4 is 17.5 Å². The molecule has 2 aromatic heterocycles. The van der Waals surface area contributed by atoms with Crippen LogP contribution in [0.3, 0.4) is 0 Å². The lowest BCUT2D eigenvalue weighted by Crippen LogP contribution is -2.49. The minimum absolute atomic E-state index is 0.0755. The number of rotatable bonds is 8. The lowest BCUT2D eigenvalue weighted by molar-refractivity contribution is -0.127. The Morgan fingerprint density at radius 1 is 1.10 bits per heavy atom. The first-order chi connectivity index (χ1) is 14.2. The lowest BCUT2D eigenvalue weighted by Gasteiger charge is -2.33. The van der Waals surface area contributed by atoms with Crippen LogP contribution in [-0.2, 0) is 16.1 Å². The Labute approximate surface area is 171 Å². The van der Waals surface area contributed by atoms with E-state index in [1.165, 1.54) is 0 Å². The SMILES string of the molecule is O=C(CN1CCN(Cc2cn3ccccc3n2)CC1)NCCCN1CCCC1=O. The van der Waals surface area contributed by atoms with Crippen molar-refractivity contribution in [3.8, 4) is 0 Å². The van der Waals surface area contributed by atoms with Gasteiger partial charge in [0, 0.05) is 71.2 Å². The molecule has 156 valence electrons. The van der Waals surface area contributed by atoms with Crippen molar-refractivity contribution in [2.75, 3.05) is 52.4 Å². The third-order valence-corrected chi connectivity index (χ3v) is 5.73. The van der Waals surface area contributed by atoms with Gasteiger partial charge in [-0.05, 0) is 25.0 Å². The van der Waals surface area contributed by atoms with Crippen LogP contribution in [-0.4, -0.2) is 88.3 Å². The zero-order chi connectivity index (χ0) is 20.1. The number of aromatic nitrogens is 2. The quantitative estimate of drug-likeness (QED) is 0.659. The van der Waals surface area contributed by atoms with Gasteiger partial charge in [-0.15, -0.1) is 0 Å². The topological polar surface area (TPSA) is 73.2 Å². The van der Waals surface area contributed by atoms with Crippen LogP contribution < -0.4 is 5.32 Å². The summed E-state index contributed by atoms with van der Waals surface area (Å²) in [5.41, 5.74) is 2.06. The van der Waals surface area contributed by atoms with Gasteiger partial charge >= 0.3 is 0 Å². The molecule has 29 heavy (non-hydrogen) atoms. The Bertz CT molecular complexity index is 810. The van der Waals surface area contributed by atoms with Crippen molar-refractivity contribution in [2.45, 2.75) is 25.8 Å². The van der Waals surface area contributed by atoms with Crippen molar-refractivity contribution < 1.29 is 9.59 Å². The fourth-order valence-corrected chi connectivity index (χ4v) is 4.10. The van der Waals surface area contributed by atoms with Crippen LogP contribution in [0.1, 0.15) is 25.0 Å². The first-order valence-corrected chi connectivity index (χ1v) is 10.6. The summed E-state index contributed by atoms with van der Waals surface area (Å²) < 4.78 is 2.05. The van der Waals surface area contributed by atoms with E-state index < -0.39 is 0 Å². The first kappa shape index (κ1) is 19.8. The molecule has 0 atom stereocenters. The van der Waals surface area contributed by atoms with E-state index in [9.17, 15) is 9.59 Å². The number of nitrogens with zero attached hydrogens (tertiary/aromatic N) is 5. The van der Waals surface area contributed by atoms with Crippen molar-refractivity contribution in [3.05, 3.63) is 36.3 Å². The van der Waals surface area contributed by atoms with Crippen LogP contribution in [0.15, 0.2) is 30.6 Å². The van der Waals surface area contributed by atoms with Gasteiger partial charge in [-0.2, -0.15) is 0 Å². The normalized spacial score (nSPS) is 18.6. The number of imidazole rings is 1. The fourth-order valence-electron chi connectivity index (χ4n) is 4.10. The molecule has 2 saturated heterocycles. The summed E-state index contributed by atoms with van der Waals surface area (Å²) in [6, 6.07) is 6.03. The van der Waals surface area contributed by atoms with Crippen LogP contribution in [0.2, 0.25) is 0 Å². The third-order valence-electron chi connectivity index (χ3n) is 5.73. The highest BCUT2D eigenvalue weighted by Crippen LogP contribution is 2.11. The number of carbonyl (C=O) groups is 2. The van der Waals surface area contributed by atoms with E-state index in [0.717, 1.165) is 70.0 Å². The Morgan fingerprint density at radius 2 is 1.93 bits per heavy atom. The van der Waals surface area contributed by atoms with Gasteiger partial charge in [0.2, 0.25) is 11.8 Å². The minimum Gasteiger partial charge on any atom is -0.355 e. The molecule has 8 heteroatoms. The summed E-state index contributed by atoms with van der Waals surface area (Å²) >= 11 is 0. The standard InChI is InChI=1S/C21H30N6O2/c28-20(22-7-4-10-26-9-3-6-21(26)29)17-25-13-11-24(12-14-25)15-18-16-27-8-2-1-5-19(27)23-18/h1-2,5,8,16H,3-4,6-7,9-15,17H2,(H,22,28). The average molecular weight is 399 g/mol. The molecule has 0 radical (unpaired) electrons. The minimum atomic E-state index is 0.0755. The molecule has 8 nitrogen and oxygen atoms in total. The molecule has 2 aromatic rings. The van der Waals surface area contributed by atoms with E-state index in [1.54, 1.807) is 0 Å². The maximum absolute atomic E-state index is 12.2. The summed E-state index contributed by atoms with van der Waals surface area (Å²) in [7, 11) is 0. The molecule has 0 aromatic carbocycles. The van der Waals surface area contributed by atoms with Crippen LogP contribution >= 0.6 is 0 Å². The van der Waals surface area contributed by atoms with Gasteiger partial charge in [-0.25, -0.2) is 4.98 Å². The van der Waals surface area contributed by atoms with Crippen LogP contribution in [0, 0.1) is 0 Å². The number of nitrogens with one attached hydrogen (secondary N) is 1. The number of piperazine rings is 1. The molecule has 2 aliphatic rings. The van der Waals surface area contributed by atoms with Crippen molar-refractivity contribution in [3.63, 3.8) is 0 Å². The second kappa shape index (κ2) is 9.37. The Balaban J connectivity index is 1.12. The highest BCUT2D eigenvalue weighted by Gasteiger charge is 2.21. The molecule has 0 bridgehead atoms. The molecule has 4 rings (SSSR count). The zero-order valence-corrected chi connectivity index (χ0v) is 16.9. The maximum atomic E-state index is 12.2. The number of carbonyl (C=O) groups excluding carboxylic acids is 2. The average Bonchev–Trinajstić information content (AvgIpc) is 3.32. The summed E-state index contributed by atoms with van der Waals surface area (Å²) in [6.07, 6.45) is 6.57. The number of amides is 2. The molecule has 0 saturated carbocycles. The summed E-state index contributed by atoms with van der Waals surface area (Å²) in [6.45, 7) is 7.22. The predicted molar refractivity (Wildman–Crippen MR) is 110 cm³/mol. The van der Waals surface area contributed by atoms with E-state index in [-0.39, 0.29) is 11.8 Å². The number of hydrogen-bond donors (Lipinski definition) is 1. The van der Waals surface area contributed by atoms with Crippen LogP contribution in [0.5, 0.6) is 0 Å². The number of fused-ring (bicyclic) bond motifs is 1. The van der Waals surface area contributed by atoms with Gasteiger partial charge < -0.3 is 14.6 Å². The summed E-state index contributed by atoms with van der Waals surface area (Å²) in [4.78, 5) is 34.9. The Morgan fingerprint density at radius 3 is 2.69 bits per heavy atom. The van der Waals surface area contributed by atoms with E-state index in [2.05, 4.69) is 30.7 Å². The third kappa shape index (κ3) is 5.33. The Kier molecular flexibility index (Phi) is 6.41. The van der Waals surface area contributed by atoms with Gasteiger partial charge in [0.15, 0.2) is 0 Å². The van der Waals surface area contributed by atoms with Gasteiger partial charge in [0.1, 0.15) is 5.65 Å². The monoisotopic (exact) mass is 398 g/mol. The maximum Gasteiger partial charge on any atom is 0.234 e. The molecule has 0 aliphatic carbocycles. The van der Waals surface area contributed by atoms with Crippen molar-refractivity contribution in [2.24, 2.45) is 0 Å². The number of pyridine rings is 1. The first-order valence-electron chi connectivity index (χ1n) is 10.6. The van der Waals surface area contributed by atoms with E-state index >= 15 is 0 Å². The second-order valence-electron chi connectivity index (χ2n) is 7.94. The predicted octanol–water partition coefficient (Wildman–Crippen LogP) is 0.581. The molecule has 2 aliphatic heterocycles. The second-order valence-corrected chi connectivity index (χ2v) is 7.94. The molecule has 1 N–H and O–H groups in total. The largest absolute Gasteiger partial charge is 0.355 e. The Hall–Kier alpha value is -2.45.